The molecule has 2 aromatic rings. The third kappa shape index (κ3) is 10.4. The lowest BCUT2D eigenvalue weighted by Crippen LogP contribution is -3.00. The van der Waals surface area contributed by atoms with E-state index in [9.17, 15) is 0 Å². The third-order valence-corrected chi connectivity index (χ3v) is 12.3. The number of benzene rings is 2. The number of halogens is 4. The fourth-order valence-electron chi connectivity index (χ4n) is 7.28. The van der Waals surface area contributed by atoms with Gasteiger partial charge >= 0.3 is 0 Å². The Morgan fingerprint density at radius 1 is 0.647 bits per heavy atom. The van der Waals surface area contributed by atoms with Crippen LogP contribution in [0.1, 0.15) is 111 Å². The molecule has 6 rings (SSSR count). The van der Waals surface area contributed by atoms with Crippen molar-refractivity contribution in [1.82, 2.24) is 0 Å². The average Bonchev–Trinajstić information content (AvgIpc) is 3.53. The van der Waals surface area contributed by atoms with Crippen molar-refractivity contribution < 1.29 is 43.1 Å². The van der Waals surface area contributed by atoms with Crippen LogP contribution in [0.25, 0.3) is 0 Å². The smallest absolute Gasteiger partial charge is 0.209 e. The minimum Gasteiger partial charge on any atom is -1.00 e. The van der Waals surface area contributed by atoms with Gasteiger partial charge in [0.1, 0.15) is 13.1 Å². The first-order valence-corrected chi connectivity index (χ1v) is 20.6. The van der Waals surface area contributed by atoms with E-state index in [0.717, 1.165) is 35.2 Å². The zero-order valence-corrected chi connectivity index (χ0v) is 38.6. The summed E-state index contributed by atoms with van der Waals surface area (Å²) < 4.78 is 5.11. The molecule has 0 bridgehead atoms. The maximum atomic E-state index is 4.41. The molecule has 0 amide bonds. The quantitative estimate of drug-likeness (QED) is 0.108. The van der Waals surface area contributed by atoms with Gasteiger partial charge in [-0.2, -0.15) is 9.15 Å². The van der Waals surface area contributed by atoms with Crippen molar-refractivity contribution in [3.05, 3.63) is 102 Å². The number of rotatable bonds is 11. The highest BCUT2D eigenvalue weighted by molar-refractivity contribution is 9.09. The minimum absolute atomic E-state index is 0. The van der Waals surface area contributed by atoms with E-state index in [-0.39, 0.29) is 50.2 Å². The van der Waals surface area contributed by atoms with E-state index in [1.165, 1.54) is 84.4 Å². The fourth-order valence-corrected chi connectivity index (χ4v) is 8.07. The van der Waals surface area contributed by atoms with Crippen molar-refractivity contribution in [3.63, 3.8) is 0 Å². The zero-order chi connectivity index (χ0) is 35.8. The maximum absolute atomic E-state index is 4.41. The summed E-state index contributed by atoms with van der Waals surface area (Å²) in [5, 5.41) is 2.32. The van der Waals surface area contributed by atoms with Crippen LogP contribution in [0.4, 0.5) is 11.4 Å². The van der Waals surface area contributed by atoms with Crippen LogP contribution < -0.4 is 34.0 Å². The molecule has 4 aliphatic rings. The van der Waals surface area contributed by atoms with E-state index in [2.05, 4.69) is 169 Å². The minimum atomic E-state index is 0. The summed E-state index contributed by atoms with van der Waals surface area (Å²) in [7, 11) is 0. The molecule has 2 aromatic carbocycles. The normalized spacial score (nSPS) is 18.0. The van der Waals surface area contributed by atoms with E-state index in [0.29, 0.717) is 0 Å². The highest BCUT2D eigenvalue weighted by Gasteiger charge is 2.44. The lowest BCUT2D eigenvalue weighted by atomic mass is 9.80. The Bertz CT molecular complexity index is 1570. The van der Waals surface area contributed by atoms with Crippen molar-refractivity contribution in [2.75, 3.05) is 23.7 Å². The van der Waals surface area contributed by atoms with Gasteiger partial charge in [0.2, 0.25) is 11.4 Å². The second-order valence-electron chi connectivity index (χ2n) is 15.3. The van der Waals surface area contributed by atoms with E-state index in [1.54, 1.807) is 0 Å². The topological polar surface area (TPSA) is 18.4 Å². The van der Waals surface area contributed by atoms with Gasteiger partial charge in [-0.15, -0.1) is 0 Å². The summed E-state index contributed by atoms with van der Waals surface area (Å²) in [6, 6.07) is 17.9. The molecule has 0 radical (unpaired) electrons. The molecule has 0 aromatic heterocycles. The Kier molecular flexibility index (Phi) is 18.1. The van der Waals surface area contributed by atoms with Gasteiger partial charge < -0.3 is 34.0 Å². The highest BCUT2D eigenvalue weighted by Crippen LogP contribution is 2.43. The maximum Gasteiger partial charge on any atom is 0.209 e. The summed E-state index contributed by atoms with van der Waals surface area (Å²) in [6.07, 6.45) is 17.4. The number of para-hydroxylation sites is 2. The number of aliphatic imine (C=N–C) groups is 1. The lowest BCUT2D eigenvalue weighted by molar-refractivity contribution is -0.444. The number of allylic oxidation sites excluding steroid dienone is 4. The van der Waals surface area contributed by atoms with E-state index in [1.807, 2.05) is 12.2 Å². The lowest BCUT2D eigenvalue weighted by Gasteiger charge is -2.16. The first kappa shape index (κ1) is 45.6. The summed E-state index contributed by atoms with van der Waals surface area (Å²) in [6.45, 7) is 24.5. The SMILES string of the molecule is BrCCCCCCBr.C=C1N=C2C=C[CH+]C=C2C1(C)C.CC1=[N+](CCCCC[N+]2=C(C)C(C)(C)c3ccccc32)c2ccccc2C1(C)C.[Br-].[Br-]. The van der Waals surface area contributed by atoms with Crippen molar-refractivity contribution in [1.29, 1.82) is 0 Å². The van der Waals surface area contributed by atoms with Crippen LogP contribution in [-0.4, -0.2) is 50.0 Å². The number of hydrogen-bond acceptors (Lipinski definition) is 1. The summed E-state index contributed by atoms with van der Waals surface area (Å²) in [4.78, 5) is 4.41. The molecule has 278 valence electrons. The standard InChI is InChI=1S/C27H36N2.C11H12N.C6H12Br2.2BrH/c1-20-26(3,4)22-14-8-10-16-24(22)28(20)18-12-7-13-19-29-21(2)27(5,6)23-15-9-11-17-25(23)29;1-8-11(2,3)9-6-4-5-7-10(9)12-8;7-5-3-1-2-4-6-8;;/h8-11,14-17H,7,12-13,18-19H2,1-6H3;4-7H,1H2,2-3H3;1-6H2;2*1H/q+2;+1;;;/p-2. The first-order chi connectivity index (χ1) is 23.3. The molecule has 51 heavy (non-hydrogen) atoms. The van der Waals surface area contributed by atoms with Crippen LogP contribution in [-0.2, 0) is 10.8 Å². The van der Waals surface area contributed by atoms with Crippen molar-refractivity contribution in [2.45, 2.75) is 111 Å². The molecular weight excluding hydrogens is 890 g/mol. The Morgan fingerprint density at radius 3 is 1.51 bits per heavy atom. The number of unbranched alkanes of at least 4 members (excludes halogenated alkanes) is 5. The molecular formula is C44H60Br4N3+. The predicted molar refractivity (Wildman–Crippen MR) is 222 cm³/mol. The van der Waals surface area contributed by atoms with Gasteiger partial charge in [-0.05, 0) is 60.8 Å². The van der Waals surface area contributed by atoms with Crippen LogP contribution in [0.3, 0.4) is 0 Å². The molecule has 3 heterocycles. The number of hydrogen-bond donors (Lipinski definition) is 0. The van der Waals surface area contributed by atoms with Crippen LogP contribution in [0.15, 0.2) is 89.6 Å². The van der Waals surface area contributed by atoms with Crippen molar-refractivity contribution >= 4 is 60.4 Å². The first-order valence-electron chi connectivity index (χ1n) is 18.3. The molecule has 0 fully saturated rings. The molecule has 0 spiro atoms. The van der Waals surface area contributed by atoms with Crippen LogP contribution >= 0.6 is 31.9 Å². The van der Waals surface area contributed by atoms with E-state index < -0.39 is 0 Å². The van der Waals surface area contributed by atoms with Crippen LogP contribution in [0.5, 0.6) is 0 Å². The molecule has 3 nitrogen and oxygen atoms in total. The zero-order valence-electron chi connectivity index (χ0n) is 32.3. The third-order valence-electron chi connectivity index (χ3n) is 11.2. The van der Waals surface area contributed by atoms with Crippen molar-refractivity contribution in [2.24, 2.45) is 10.4 Å². The summed E-state index contributed by atoms with van der Waals surface area (Å²) in [5.41, 5.74) is 12.4. The Morgan fingerprint density at radius 2 is 1.08 bits per heavy atom. The van der Waals surface area contributed by atoms with Gasteiger partial charge in [0.25, 0.3) is 0 Å². The predicted octanol–water partition coefficient (Wildman–Crippen LogP) is 6.38. The molecule has 7 heteroatoms. The molecule has 0 saturated heterocycles. The van der Waals surface area contributed by atoms with Crippen LogP contribution in [0, 0.1) is 11.8 Å². The van der Waals surface area contributed by atoms with Gasteiger partial charge in [-0.1, -0.05) is 87.7 Å². The number of nitrogens with zero attached hydrogens (tertiary/aromatic N) is 3. The summed E-state index contributed by atoms with van der Waals surface area (Å²) in [5.74, 6) is 0. The monoisotopic (exact) mass is 946 g/mol. The van der Waals surface area contributed by atoms with Crippen molar-refractivity contribution in [3.8, 4) is 0 Å². The van der Waals surface area contributed by atoms with Gasteiger partial charge in [-0.25, -0.2) is 4.99 Å². The number of fused-ring (bicyclic) bond motifs is 3. The van der Waals surface area contributed by atoms with E-state index >= 15 is 0 Å². The van der Waals surface area contributed by atoms with Gasteiger partial charge in [0.05, 0.1) is 45.7 Å². The fraction of sp³-hybridized carbons (Fsp3) is 0.500. The molecule has 0 atom stereocenters. The second kappa shape index (κ2) is 20.2. The van der Waals surface area contributed by atoms with Gasteiger partial charge in [0, 0.05) is 67.0 Å². The molecule has 0 saturated carbocycles. The largest absolute Gasteiger partial charge is 1.00 e. The molecule has 0 unspecified atom stereocenters. The van der Waals surface area contributed by atoms with Gasteiger partial charge in [-0.3, -0.25) is 0 Å². The Labute approximate surface area is 348 Å². The van der Waals surface area contributed by atoms with Crippen LogP contribution in [0.2, 0.25) is 0 Å². The number of alkyl halides is 2. The highest BCUT2D eigenvalue weighted by atomic mass is 79.9. The molecule has 1 aliphatic carbocycles. The summed E-state index contributed by atoms with van der Waals surface area (Å²) >= 11 is 6.78. The molecule has 3 aliphatic heterocycles. The molecule has 0 N–H and O–H groups in total. The second-order valence-corrected chi connectivity index (χ2v) is 16.9. The Balaban J connectivity index is 0.000000338. The van der Waals surface area contributed by atoms with Gasteiger partial charge in [0.15, 0.2) is 17.1 Å². The van der Waals surface area contributed by atoms with E-state index in [4.69, 9.17) is 0 Å². The average molecular weight is 951 g/mol. The Hall–Kier alpha value is -1.54.